The summed E-state index contributed by atoms with van der Waals surface area (Å²) in [5.74, 6) is 0.556. The molecule has 0 radical (unpaired) electrons. The lowest BCUT2D eigenvalue weighted by Crippen LogP contribution is -2.37. The number of hydrogen-bond donors (Lipinski definition) is 1. The first-order chi connectivity index (χ1) is 12.7. The summed E-state index contributed by atoms with van der Waals surface area (Å²) in [6.45, 7) is 7.42. The number of carbonyl (C=O) groups excluding carboxylic acids is 1. The Hall–Kier alpha value is -2.38. The molecule has 1 N–H and O–H groups in total. The van der Waals surface area contributed by atoms with Crippen LogP contribution in [0.3, 0.4) is 0 Å². The second-order valence-corrected chi connectivity index (χ2v) is 8.23. The standard InChI is InChI=1S/C20H26N2O4S/c1-15(2)26-19-11-9-18(10-12-19)22(17(4)23)14-13-21-27(24,25)20-8-6-5-7-16(20)3/h5-12,15,21H,13-14H2,1-4H3. The average molecular weight is 391 g/mol. The summed E-state index contributed by atoms with van der Waals surface area (Å²) in [4.78, 5) is 13.8. The van der Waals surface area contributed by atoms with Gasteiger partial charge in [-0.2, -0.15) is 0 Å². The first kappa shape index (κ1) is 20.9. The topological polar surface area (TPSA) is 75.7 Å². The molecule has 0 aliphatic heterocycles. The summed E-state index contributed by atoms with van der Waals surface area (Å²) in [5.41, 5.74) is 1.36. The van der Waals surface area contributed by atoms with E-state index in [-0.39, 0.29) is 30.0 Å². The van der Waals surface area contributed by atoms with Crippen molar-refractivity contribution in [1.82, 2.24) is 4.72 Å². The quantitative estimate of drug-likeness (QED) is 0.751. The fourth-order valence-corrected chi connectivity index (χ4v) is 3.94. The van der Waals surface area contributed by atoms with Crippen LogP contribution in [0.1, 0.15) is 26.3 Å². The first-order valence-electron chi connectivity index (χ1n) is 8.81. The molecule has 0 unspecified atom stereocenters. The summed E-state index contributed by atoms with van der Waals surface area (Å²) < 4.78 is 33.1. The van der Waals surface area contributed by atoms with E-state index in [1.165, 1.54) is 11.8 Å². The molecule has 0 aliphatic carbocycles. The van der Waals surface area contributed by atoms with E-state index in [0.717, 1.165) is 5.75 Å². The van der Waals surface area contributed by atoms with Crippen molar-refractivity contribution in [3.8, 4) is 5.75 Å². The van der Waals surface area contributed by atoms with E-state index >= 15 is 0 Å². The average Bonchev–Trinajstić information content (AvgIpc) is 2.59. The molecule has 0 aliphatic rings. The fraction of sp³-hybridized carbons (Fsp3) is 0.350. The van der Waals surface area contributed by atoms with Gasteiger partial charge in [-0.1, -0.05) is 18.2 Å². The molecule has 27 heavy (non-hydrogen) atoms. The van der Waals surface area contributed by atoms with Gasteiger partial charge in [-0.3, -0.25) is 4.79 Å². The lowest BCUT2D eigenvalue weighted by atomic mass is 10.2. The number of nitrogens with zero attached hydrogens (tertiary/aromatic N) is 1. The van der Waals surface area contributed by atoms with Crippen molar-refractivity contribution in [2.24, 2.45) is 0 Å². The Bertz CT molecular complexity index is 877. The zero-order valence-corrected chi connectivity index (χ0v) is 16.9. The number of hydrogen-bond acceptors (Lipinski definition) is 4. The number of benzene rings is 2. The van der Waals surface area contributed by atoms with E-state index in [0.29, 0.717) is 11.3 Å². The Morgan fingerprint density at radius 1 is 1.11 bits per heavy atom. The molecule has 2 aromatic carbocycles. The number of aryl methyl sites for hydroxylation is 1. The van der Waals surface area contributed by atoms with Crippen molar-refractivity contribution < 1.29 is 17.9 Å². The minimum Gasteiger partial charge on any atom is -0.491 e. The highest BCUT2D eigenvalue weighted by Gasteiger charge is 2.17. The SMILES string of the molecule is CC(=O)N(CCNS(=O)(=O)c1ccccc1C)c1ccc(OC(C)C)cc1. The zero-order chi connectivity index (χ0) is 20.0. The fourth-order valence-electron chi connectivity index (χ4n) is 2.67. The molecule has 0 spiro atoms. The van der Waals surface area contributed by atoms with Gasteiger partial charge in [-0.05, 0) is 56.7 Å². The molecular formula is C20H26N2O4S. The maximum absolute atomic E-state index is 12.5. The van der Waals surface area contributed by atoms with Gasteiger partial charge < -0.3 is 9.64 Å². The lowest BCUT2D eigenvalue weighted by molar-refractivity contribution is -0.116. The molecule has 0 heterocycles. The van der Waals surface area contributed by atoms with Crippen LogP contribution in [0, 0.1) is 6.92 Å². The molecule has 2 aromatic rings. The van der Waals surface area contributed by atoms with Crippen LogP contribution in [-0.2, 0) is 14.8 Å². The highest BCUT2D eigenvalue weighted by Crippen LogP contribution is 2.20. The van der Waals surface area contributed by atoms with Crippen LogP contribution >= 0.6 is 0 Å². The monoisotopic (exact) mass is 390 g/mol. The van der Waals surface area contributed by atoms with Gasteiger partial charge in [-0.15, -0.1) is 0 Å². The van der Waals surface area contributed by atoms with Gasteiger partial charge in [0.05, 0.1) is 11.0 Å². The first-order valence-corrected chi connectivity index (χ1v) is 10.3. The van der Waals surface area contributed by atoms with Crippen molar-refractivity contribution >= 4 is 21.6 Å². The third kappa shape index (κ3) is 5.80. The van der Waals surface area contributed by atoms with Crippen molar-refractivity contribution in [2.75, 3.05) is 18.0 Å². The van der Waals surface area contributed by atoms with Crippen LogP contribution in [0.4, 0.5) is 5.69 Å². The molecule has 0 bridgehead atoms. The molecule has 6 nitrogen and oxygen atoms in total. The molecule has 0 aromatic heterocycles. The van der Waals surface area contributed by atoms with E-state index in [1.54, 1.807) is 55.5 Å². The van der Waals surface area contributed by atoms with E-state index < -0.39 is 10.0 Å². The molecule has 0 atom stereocenters. The van der Waals surface area contributed by atoms with Gasteiger partial charge in [0, 0.05) is 25.7 Å². The molecule has 0 fully saturated rings. The smallest absolute Gasteiger partial charge is 0.240 e. The normalized spacial score (nSPS) is 11.4. The second-order valence-electron chi connectivity index (χ2n) is 6.49. The molecule has 7 heteroatoms. The van der Waals surface area contributed by atoms with Crippen molar-refractivity contribution in [2.45, 2.75) is 38.7 Å². The van der Waals surface area contributed by atoms with E-state index in [4.69, 9.17) is 4.74 Å². The van der Waals surface area contributed by atoms with Gasteiger partial charge in [0.1, 0.15) is 5.75 Å². The second kappa shape index (κ2) is 9.01. The Morgan fingerprint density at radius 2 is 1.74 bits per heavy atom. The molecule has 1 amide bonds. The maximum Gasteiger partial charge on any atom is 0.240 e. The number of anilines is 1. The predicted molar refractivity (Wildman–Crippen MR) is 107 cm³/mol. The van der Waals surface area contributed by atoms with Crippen LogP contribution in [0.15, 0.2) is 53.4 Å². The van der Waals surface area contributed by atoms with Gasteiger partial charge >= 0.3 is 0 Å². The van der Waals surface area contributed by atoms with Gasteiger partial charge in [0.2, 0.25) is 15.9 Å². The number of sulfonamides is 1. The number of nitrogens with one attached hydrogen (secondary N) is 1. The molecule has 0 saturated heterocycles. The highest BCUT2D eigenvalue weighted by atomic mass is 32.2. The number of rotatable bonds is 8. The van der Waals surface area contributed by atoms with Gasteiger partial charge in [-0.25, -0.2) is 13.1 Å². The third-order valence-corrected chi connectivity index (χ3v) is 5.53. The number of amides is 1. The largest absolute Gasteiger partial charge is 0.491 e. The third-order valence-electron chi connectivity index (χ3n) is 3.91. The van der Waals surface area contributed by atoms with Crippen LogP contribution in [0.25, 0.3) is 0 Å². The van der Waals surface area contributed by atoms with Crippen LogP contribution < -0.4 is 14.4 Å². The van der Waals surface area contributed by atoms with Gasteiger partial charge in [0.15, 0.2) is 0 Å². The van der Waals surface area contributed by atoms with Crippen LogP contribution in [0.5, 0.6) is 5.75 Å². The Morgan fingerprint density at radius 3 is 2.30 bits per heavy atom. The van der Waals surface area contributed by atoms with Crippen molar-refractivity contribution in [3.63, 3.8) is 0 Å². The molecular weight excluding hydrogens is 364 g/mol. The molecule has 0 saturated carbocycles. The zero-order valence-electron chi connectivity index (χ0n) is 16.1. The summed E-state index contributed by atoms with van der Waals surface area (Å²) in [7, 11) is -3.62. The summed E-state index contributed by atoms with van der Waals surface area (Å²) in [6, 6.07) is 13.9. The molecule has 146 valence electrons. The highest BCUT2D eigenvalue weighted by molar-refractivity contribution is 7.89. The Labute approximate surface area is 161 Å². The lowest BCUT2D eigenvalue weighted by Gasteiger charge is -2.22. The van der Waals surface area contributed by atoms with E-state index in [2.05, 4.69) is 4.72 Å². The Kier molecular flexibility index (Phi) is 6.98. The summed E-state index contributed by atoms with van der Waals surface area (Å²) >= 11 is 0. The minimum atomic E-state index is -3.62. The maximum atomic E-state index is 12.5. The van der Waals surface area contributed by atoms with Crippen LogP contribution in [-0.4, -0.2) is 33.5 Å². The number of ether oxygens (including phenoxy) is 1. The Balaban J connectivity index is 2.05. The van der Waals surface area contributed by atoms with Crippen molar-refractivity contribution in [1.29, 1.82) is 0 Å². The summed E-state index contributed by atoms with van der Waals surface area (Å²) in [6.07, 6.45) is 0.0654. The van der Waals surface area contributed by atoms with Gasteiger partial charge in [0.25, 0.3) is 0 Å². The molecule has 2 rings (SSSR count). The predicted octanol–water partition coefficient (Wildman–Crippen LogP) is 3.11. The summed E-state index contributed by atoms with van der Waals surface area (Å²) in [5, 5.41) is 0. The number of carbonyl (C=O) groups is 1. The van der Waals surface area contributed by atoms with E-state index in [9.17, 15) is 13.2 Å². The van der Waals surface area contributed by atoms with E-state index in [1.807, 2.05) is 13.8 Å². The van der Waals surface area contributed by atoms with Crippen molar-refractivity contribution in [3.05, 3.63) is 54.1 Å². The van der Waals surface area contributed by atoms with Crippen LogP contribution in [0.2, 0.25) is 0 Å². The minimum absolute atomic E-state index is 0.0654.